The Bertz CT molecular complexity index is 808. The Labute approximate surface area is 164 Å². The maximum absolute atomic E-state index is 12.3. The fraction of sp³-hybridized carbons (Fsp3) is 0.476. The van der Waals surface area contributed by atoms with Gasteiger partial charge in [-0.15, -0.1) is 0 Å². The molecule has 28 heavy (non-hydrogen) atoms. The number of nitrogens with one attached hydrogen (secondary N) is 1. The fourth-order valence-corrected chi connectivity index (χ4v) is 3.61. The van der Waals surface area contributed by atoms with Crippen LogP contribution in [0.3, 0.4) is 0 Å². The monoisotopic (exact) mass is 382 g/mol. The summed E-state index contributed by atoms with van der Waals surface area (Å²) in [5.74, 6) is 1.95. The molecule has 0 bridgehead atoms. The summed E-state index contributed by atoms with van der Waals surface area (Å²) in [6, 6.07) is 11.5. The number of carbonyl (C=O) groups excluding carboxylic acids is 2. The van der Waals surface area contributed by atoms with Crippen LogP contribution in [0, 0.1) is 5.92 Å². The Kier molecular flexibility index (Phi) is 5.60. The van der Waals surface area contributed by atoms with E-state index in [-0.39, 0.29) is 24.3 Å². The third-order valence-corrected chi connectivity index (χ3v) is 5.33. The minimum atomic E-state index is -0.0981. The lowest BCUT2D eigenvalue weighted by molar-refractivity contribution is -0.133. The van der Waals surface area contributed by atoms with E-state index < -0.39 is 0 Å². The molecule has 2 aliphatic rings. The molecule has 1 N–H and O–H groups in total. The van der Waals surface area contributed by atoms with Crippen LogP contribution >= 0.6 is 0 Å². The van der Waals surface area contributed by atoms with E-state index in [1.807, 2.05) is 46.0 Å². The smallest absolute Gasteiger partial charge is 0.228 e. The van der Waals surface area contributed by atoms with Gasteiger partial charge in [-0.2, -0.15) is 5.10 Å². The van der Waals surface area contributed by atoms with Gasteiger partial charge in [0.2, 0.25) is 11.8 Å². The first-order valence-electron chi connectivity index (χ1n) is 10.0. The number of anilines is 1. The van der Waals surface area contributed by atoms with Crippen LogP contribution in [0.4, 0.5) is 5.82 Å². The first-order valence-corrected chi connectivity index (χ1v) is 10.0. The van der Waals surface area contributed by atoms with Crippen LogP contribution in [0.25, 0.3) is 0 Å². The molecule has 0 atom stereocenters. The molecular formula is C21H26N4O3. The van der Waals surface area contributed by atoms with E-state index in [2.05, 4.69) is 10.4 Å². The molecule has 2 heterocycles. The van der Waals surface area contributed by atoms with Crippen molar-refractivity contribution < 1.29 is 14.3 Å². The van der Waals surface area contributed by atoms with Gasteiger partial charge in [0.05, 0.1) is 25.3 Å². The minimum Gasteiger partial charge on any atom is -0.493 e. The van der Waals surface area contributed by atoms with E-state index in [4.69, 9.17) is 4.74 Å². The van der Waals surface area contributed by atoms with Gasteiger partial charge < -0.3 is 15.0 Å². The van der Waals surface area contributed by atoms with E-state index in [0.29, 0.717) is 18.3 Å². The summed E-state index contributed by atoms with van der Waals surface area (Å²) in [6.07, 6.45) is 5.79. The van der Waals surface area contributed by atoms with Crippen LogP contribution in [-0.4, -0.2) is 46.2 Å². The van der Waals surface area contributed by atoms with E-state index in [1.165, 1.54) is 0 Å². The highest BCUT2D eigenvalue weighted by molar-refractivity contribution is 5.89. The zero-order valence-electron chi connectivity index (χ0n) is 15.9. The molecule has 4 rings (SSSR count). The number of ether oxygens (including phenoxy) is 1. The number of benzene rings is 1. The topological polar surface area (TPSA) is 76.5 Å². The molecule has 2 aromatic rings. The van der Waals surface area contributed by atoms with Gasteiger partial charge in [0, 0.05) is 25.1 Å². The zero-order chi connectivity index (χ0) is 19.3. The molecule has 148 valence electrons. The molecular weight excluding hydrogens is 356 g/mol. The largest absolute Gasteiger partial charge is 0.493 e. The number of nitrogens with zero attached hydrogens (tertiary/aromatic N) is 3. The fourth-order valence-electron chi connectivity index (χ4n) is 3.61. The Balaban J connectivity index is 1.25. The van der Waals surface area contributed by atoms with Crippen LogP contribution < -0.4 is 10.1 Å². The molecule has 0 spiro atoms. The van der Waals surface area contributed by atoms with Gasteiger partial charge in [-0.05, 0) is 37.8 Å². The Morgan fingerprint density at radius 1 is 1.07 bits per heavy atom. The summed E-state index contributed by atoms with van der Waals surface area (Å²) < 4.78 is 7.46. The first kappa shape index (κ1) is 18.5. The molecule has 1 aromatic carbocycles. The number of para-hydroxylation sites is 1. The standard InChI is InChI=1S/C21H26N4O3/c26-20(11-15-28-18-4-2-1-3-5-18)23-19-8-12-22-25(19)17-9-13-24(14-10-17)21(27)16-6-7-16/h1-5,8,12,16-17H,6-7,9-11,13-15H2,(H,23,26). The van der Waals surface area contributed by atoms with Gasteiger partial charge in [-0.1, -0.05) is 18.2 Å². The molecule has 0 radical (unpaired) electrons. The normalized spacial score (nSPS) is 17.4. The highest BCUT2D eigenvalue weighted by Gasteiger charge is 2.35. The summed E-state index contributed by atoms with van der Waals surface area (Å²) >= 11 is 0. The zero-order valence-corrected chi connectivity index (χ0v) is 15.9. The minimum absolute atomic E-state index is 0.0981. The molecule has 1 saturated heterocycles. The summed E-state index contributed by atoms with van der Waals surface area (Å²) in [5.41, 5.74) is 0. The van der Waals surface area contributed by atoms with E-state index in [1.54, 1.807) is 6.20 Å². The highest BCUT2D eigenvalue weighted by atomic mass is 16.5. The van der Waals surface area contributed by atoms with Crippen molar-refractivity contribution >= 4 is 17.6 Å². The van der Waals surface area contributed by atoms with Crippen molar-refractivity contribution in [2.24, 2.45) is 5.92 Å². The van der Waals surface area contributed by atoms with Crippen molar-refractivity contribution in [2.75, 3.05) is 25.0 Å². The predicted molar refractivity (Wildman–Crippen MR) is 105 cm³/mol. The molecule has 1 aliphatic heterocycles. The molecule has 2 amide bonds. The maximum Gasteiger partial charge on any atom is 0.228 e. The number of amides is 2. The molecule has 1 saturated carbocycles. The molecule has 1 aromatic heterocycles. The van der Waals surface area contributed by atoms with E-state index in [9.17, 15) is 9.59 Å². The Morgan fingerprint density at radius 2 is 1.82 bits per heavy atom. The number of likely N-dealkylation sites (tertiary alicyclic amines) is 1. The van der Waals surface area contributed by atoms with Crippen molar-refractivity contribution in [3.8, 4) is 5.75 Å². The number of rotatable bonds is 7. The van der Waals surface area contributed by atoms with Gasteiger partial charge >= 0.3 is 0 Å². The Morgan fingerprint density at radius 3 is 2.54 bits per heavy atom. The number of aromatic nitrogens is 2. The lowest BCUT2D eigenvalue weighted by Gasteiger charge is -2.32. The number of hydrogen-bond donors (Lipinski definition) is 1. The number of carbonyl (C=O) groups is 2. The van der Waals surface area contributed by atoms with Gasteiger partial charge in [-0.3, -0.25) is 9.59 Å². The number of piperidine rings is 1. The predicted octanol–water partition coefficient (Wildman–Crippen LogP) is 2.86. The van der Waals surface area contributed by atoms with Crippen molar-refractivity contribution in [1.29, 1.82) is 0 Å². The third-order valence-electron chi connectivity index (χ3n) is 5.33. The average molecular weight is 382 g/mol. The average Bonchev–Trinajstić information content (AvgIpc) is 3.48. The summed E-state index contributed by atoms with van der Waals surface area (Å²) in [7, 11) is 0. The van der Waals surface area contributed by atoms with Crippen LogP contribution in [0.5, 0.6) is 5.75 Å². The van der Waals surface area contributed by atoms with E-state index in [0.717, 1.165) is 44.5 Å². The van der Waals surface area contributed by atoms with Gasteiger partial charge in [-0.25, -0.2) is 4.68 Å². The van der Waals surface area contributed by atoms with E-state index >= 15 is 0 Å². The number of hydrogen-bond acceptors (Lipinski definition) is 4. The SMILES string of the molecule is O=C(CCOc1ccccc1)Nc1ccnn1C1CCN(C(=O)C2CC2)CC1. The van der Waals surface area contributed by atoms with Gasteiger partial charge in [0.1, 0.15) is 11.6 Å². The van der Waals surface area contributed by atoms with Crippen LogP contribution in [0.15, 0.2) is 42.6 Å². The van der Waals surface area contributed by atoms with Crippen molar-refractivity contribution in [2.45, 2.75) is 38.1 Å². The second-order valence-corrected chi connectivity index (χ2v) is 7.45. The lowest BCUT2D eigenvalue weighted by atomic mass is 10.0. The summed E-state index contributed by atoms with van der Waals surface area (Å²) in [4.78, 5) is 26.5. The van der Waals surface area contributed by atoms with Crippen LogP contribution in [0.2, 0.25) is 0 Å². The lowest BCUT2D eigenvalue weighted by Crippen LogP contribution is -2.40. The second-order valence-electron chi connectivity index (χ2n) is 7.45. The van der Waals surface area contributed by atoms with Crippen molar-refractivity contribution in [1.82, 2.24) is 14.7 Å². The molecule has 1 aliphatic carbocycles. The van der Waals surface area contributed by atoms with Crippen LogP contribution in [-0.2, 0) is 9.59 Å². The highest BCUT2D eigenvalue weighted by Crippen LogP contribution is 2.33. The van der Waals surface area contributed by atoms with Crippen molar-refractivity contribution in [3.05, 3.63) is 42.6 Å². The molecule has 7 nitrogen and oxygen atoms in total. The molecule has 2 fully saturated rings. The quantitative estimate of drug-likeness (QED) is 0.799. The molecule has 0 unspecified atom stereocenters. The van der Waals surface area contributed by atoms with Gasteiger partial charge in [0.15, 0.2) is 0 Å². The van der Waals surface area contributed by atoms with Crippen LogP contribution in [0.1, 0.15) is 38.1 Å². The molecule has 7 heteroatoms. The summed E-state index contributed by atoms with van der Waals surface area (Å²) in [5, 5.41) is 7.34. The third kappa shape index (κ3) is 4.52. The van der Waals surface area contributed by atoms with Crippen molar-refractivity contribution in [3.63, 3.8) is 0 Å². The maximum atomic E-state index is 12.3. The van der Waals surface area contributed by atoms with Gasteiger partial charge in [0.25, 0.3) is 0 Å². The first-order chi connectivity index (χ1) is 13.7. The Hall–Kier alpha value is -2.83. The summed E-state index contributed by atoms with van der Waals surface area (Å²) in [6.45, 7) is 1.85. The second kappa shape index (κ2) is 8.46.